The molecule has 0 amide bonds. The van der Waals surface area contributed by atoms with Gasteiger partial charge in [-0.25, -0.2) is 0 Å². The molecule has 3 N–H and O–H groups in total. The van der Waals surface area contributed by atoms with E-state index in [1.165, 1.54) is 17.5 Å². The number of fused-ring (bicyclic) bond motifs is 2. The Hall–Kier alpha value is -2.30. The van der Waals surface area contributed by atoms with E-state index in [0.717, 1.165) is 42.6 Å². The first kappa shape index (κ1) is 15.9. The molecular formula is C22H25N3O. The maximum atomic E-state index is 6.67. The Bertz CT molecular complexity index is 918. The zero-order valence-electron chi connectivity index (χ0n) is 14.9. The van der Waals surface area contributed by atoms with Crippen LogP contribution in [0, 0.1) is 0 Å². The van der Waals surface area contributed by atoms with Crippen LogP contribution in [-0.4, -0.2) is 35.1 Å². The summed E-state index contributed by atoms with van der Waals surface area (Å²) in [4.78, 5) is 5.83. The van der Waals surface area contributed by atoms with Crippen molar-refractivity contribution in [3.8, 4) is 5.75 Å². The van der Waals surface area contributed by atoms with Crippen molar-refractivity contribution in [3.63, 3.8) is 0 Å². The molecule has 4 nitrogen and oxygen atoms in total. The van der Waals surface area contributed by atoms with Gasteiger partial charge >= 0.3 is 0 Å². The number of rotatable bonds is 3. The summed E-state index contributed by atoms with van der Waals surface area (Å²) in [5.74, 6) is 0.955. The van der Waals surface area contributed by atoms with Crippen LogP contribution in [0.4, 0.5) is 0 Å². The summed E-state index contributed by atoms with van der Waals surface area (Å²) >= 11 is 0. The van der Waals surface area contributed by atoms with E-state index in [2.05, 4.69) is 58.4 Å². The van der Waals surface area contributed by atoms with Gasteiger partial charge in [0.1, 0.15) is 11.9 Å². The fourth-order valence-electron chi connectivity index (χ4n) is 4.64. The highest BCUT2D eigenvalue weighted by molar-refractivity contribution is 5.85. The first-order valence-electron chi connectivity index (χ1n) is 9.60. The topological polar surface area (TPSA) is 54.3 Å². The number of nitrogens with one attached hydrogen (secondary N) is 1. The van der Waals surface area contributed by atoms with E-state index in [-0.39, 0.29) is 12.1 Å². The van der Waals surface area contributed by atoms with Crippen LogP contribution >= 0.6 is 0 Å². The van der Waals surface area contributed by atoms with Crippen molar-refractivity contribution in [1.29, 1.82) is 0 Å². The number of nitrogens with two attached hydrogens (primary N) is 1. The van der Waals surface area contributed by atoms with Gasteiger partial charge in [0, 0.05) is 29.7 Å². The Morgan fingerprint density at radius 1 is 1.08 bits per heavy atom. The predicted molar refractivity (Wildman–Crippen MR) is 104 cm³/mol. The molecule has 1 saturated heterocycles. The fraction of sp³-hybridized carbons (Fsp3) is 0.364. The van der Waals surface area contributed by atoms with Crippen LogP contribution in [0.2, 0.25) is 0 Å². The lowest BCUT2D eigenvalue weighted by Crippen LogP contribution is -2.49. The molecule has 2 aromatic carbocycles. The van der Waals surface area contributed by atoms with E-state index in [1.807, 2.05) is 6.20 Å². The Balaban J connectivity index is 1.51. The first-order chi connectivity index (χ1) is 12.8. The number of piperidine rings is 1. The normalized spacial score (nSPS) is 26.1. The third kappa shape index (κ3) is 2.70. The van der Waals surface area contributed by atoms with Crippen molar-refractivity contribution in [1.82, 2.24) is 9.88 Å². The number of ether oxygens (including phenoxy) is 1. The summed E-state index contributed by atoms with van der Waals surface area (Å²) in [5.41, 5.74) is 10.1. The van der Waals surface area contributed by atoms with Crippen molar-refractivity contribution in [2.45, 2.75) is 37.5 Å². The van der Waals surface area contributed by atoms with Crippen LogP contribution in [0.5, 0.6) is 5.75 Å². The van der Waals surface area contributed by atoms with Crippen LogP contribution < -0.4 is 10.5 Å². The molecule has 0 saturated carbocycles. The van der Waals surface area contributed by atoms with Gasteiger partial charge < -0.3 is 15.5 Å². The third-order valence-corrected chi connectivity index (χ3v) is 5.91. The van der Waals surface area contributed by atoms with Crippen molar-refractivity contribution in [3.05, 3.63) is 65.9 Å². The van der Waals surface area contributed by atoms with Gasteiger partial charge in [0.15, 0.2) is 0 Å². The molecule has 4 heteroatoms. The van der Waals surface area contributed by atoms with Gasteiger partial charge in [-0.15, -0.1) is 0 Å². The molecule has 3 atom stereocenters. The van der Waals surface area contributed by atoms with Gasteiger partial charge in [-0.1, -0.05) is 30.3 Å². The van der Waals surface area contributed by atoms with Gasteiger partial charge in [0.05, 0.1) is 6.04 Å². The molecule has 0 bridgehead atoms. The van der Waals surface area contributed by atoms with Gasteiger partial charge in [-0.2, -0.15) is 0 Å². The Morgan fingerprint density at radius 3 is 2.92 bits per heavy atom. The van der Waals surface area contributed by atoms with Gasteiger partial charge in [-0.05, 0) is 55.1 Å². The maximum Gasteiger partial charge on any atom is 0.140 e. The summed E-state index contributed by atoms with van der Waals surface area (Å²) in [6.07, 6.45) is 5.37. The van der Waals surface area contributed by atoms with E-state index in [0.29, 0.717) is 6.04 Å². The molecule has 26 heavy (non-hydrogen) atoms. The molecule has 0 radical (unpaired) electrons. The summed E-state index contributed by atoms with van der Waals surface area (Å²) in [6, 6.07) is 17.7. The largest absolute Gasteiger partial charge is 0.483 e. The van der Waals surface area contributed by atoms with E-state index < -0.39 is 0 Å². The van der Waals surface area contributed by atoms with Gasteiger partial charge in [0.25, 0.3) is 0 Å². The smallest absolute Gasteiger partial charge is 0.140 e. The third-order valence-electron chi connectivity index (χ3n) is 5.91. The number of hydrogen-bond donors (Lipinski definition) is 2. The second-order valence-electron chi connectivity index (χ2n) is 7.60. The van der Waals surface area contributed by atoms with Crippen LogP contribution in [0.25, 0.3) is 10.9 Å². The number of hydrogen-bond acceptors (Lipinski definition) is 3. The predicted octanol–water partition coefficient (Wildman–Crippen LogP) is 3.64. The standard InChI is InChI=1S/C22H25N3O/c23-16-6-4-12-25(14-16)20-13-15-5-1-2-7-17(15)22(20)26-21-9-3-8-19-18(21)10-11-24-19/h1-3,5,7-11,16,20,22,24H,4,6,12-14,23H2/t16-,20-,22-/m1/s1. The molecule has 3 aromatic rings. The summed E-state index contributed by atoms with van der Waals surface area (Å²) in [6.45, 7) is 2.08. The molecule has 5 rings (SSSR count). The average Bonchev–Trinajstić information content (AvgIpc) is 3.27. The molecule has 2 heterocycles. The second-order valence-corrected chi connectivity index (χ2v) is 7.60. The second kappa shape index (κ2) is 6.45. The summed E-state index contributed by atoms with van der Waals surface area (Å²) in [5, 5.41) is 1.14. The zero-order chi connectivity index (χ0) is 17.5. The van der Waals surface area contributed by atoms with Gasteiger partial charge in [-0.3, -0.25) is 4.90 Å². The lowest BCUT2D eigenvalue weighted by atomic mass is 10.0. The van der Waals surface area contributed by atoms with Crippen molar-refractivity contribution in [2.24, 2.45) is 5.73 Å². The number of nitrogens with zero attached hydrogens (tertiary/aromatic N) is 1. The maximum absolute atomic E-state index is 6.67. The average molecular weight is 347 g/mol. The number of benzene rings is 2. The van der Waals surface area contributed by atoms with Crippen LogP contribution in [0.15, 0.2) is 54.7 Å². The minimum Gasteiger partial charge on any atom is -0.483 e. The molecular weight excluding hydrogens is 322 g/mol. The highest BCUT2D eigenvalue weighted by Crippen LogP contribution is 2.40. The molecule has 2 aliphatic rings. The fourth-order valence-corrected chi connectivity index (χ4v) is 4.64. The summed E-state index contributed by atoms with van der Waals surface area (Å²) in [7, 11) is 0. The van der Waals surface area contributed by atoms with E-state index in [1.54, 1.807) is 0 Å². The molecule has 1 aliphatic carbocycles. The number of aromatic nitrogens is 1. The van der Waals surface area contributed by atoms with Crippen LogP contribution in [0.1, 0.15) is 30.1 Å². The molecule has 1 fully saturated rings. The highest BCUT2D eigenvalue weighted by Gasteiger charge is 2.39. The quantitative estimate of drug-likeness (QED) is 0.761. The van der Waals surface area contributed by atoms with Gasteiger partial charge in [0.2, 0.25) is 0 Å². The molecule has 0 unspecified atom stereocenters. The van der Waals surface area contributed by atoms with Crippen molar-refractivity contribution in [2.75, 3.05) is 13.1 Å². The summed E-state index contributed by atoms with van der Waals surface area (Å²) < 4.78 is 6.67. The molecule has 1 aliphatic heterocycles. The number of H-pyrrole nitrogens is 1. The minimum atomic E-state index is 0.0528. The SMILES string of the molecule is N[C@@H]1CCCN([C@@H]2Cc3ccccc3[C@H]2Oc2cccc3[nH]ccc23)C1. The Kier molecular flexibility index (Phi) is 3.95. The molecule has 1 aromatic heterocycles. The highest BCUT2D eigenvalue weighted by atomic mass is 16.5. The van der Waals surface area contributed by atoms with E-state index >= 15 is 0 Å². The Morgan fingerprint density at radius 2 is 2.00 bits per heavy atom. The van der Waals surface area contributed by atoms with Crippen LogP contribution in [0.3, 0.4) is 0 Å². The number of likely N-dealkylation sites (tertiary alicyclic amines) is 1. The zero-order valence-corrected chi connectivity index (χ0v) is 14.9. The molecule has 0 spiro atoms. The van der Waals surface area contributed by atoms with Crippen molar-refractivity contribution >= 4 is 10.9 Å². The Labute approximate surface area is 154 Å². The van der Waals surface area contributed by atoms with Crippen LogP contribution in [-0.2, 0) is 6.42 Å². The van der Waals surface area contributed by atoms with E-state index in [9.17, 15) is 0 Å². The van der Waals surface area contributed by atoms with E-state index in [4.69, 9.17) is 10.5 Å². The monoisotopic (exact) mass is 347 g/mol. The lowest BCUT2D eigenvalue weighted by Gasteiger charge is -2.38. The first-order valence-corrected chi connectivity index (χ1v) is 9.60. The molecule has 134 valence electrons. The lowest BCUT2D eigenvalue weighted by molar-refractivity contribution is 0.0602. The van der Waals surface area contributed by atoms with Crippen molar-refractivity contribution < 1.29 is 4.74 Å². The number of aromatic amines is 1. The minimum absolute atomic E-state index is 0.0528.